The first-order valence-corrected chi connectivity index (χ1v) is 4.40. The van der Waals surface area contributed by atoms with E-state index in [0.29, 0.717) is 11.5 Å². The third kappa shape index (κ3) is 4.38. The van der Waals surface area contributed by atoms with Gasteiger partial charge in [-0.1, -0.05) is 27.7 Å². The maximum Gasteiger partial charge on any atom is 0.0240 e. The lowest BCUT2D eigenvalue weighted by Gasteiger charge is -2.31. The van der Waals surface area contributed by atoms with Crippen LogP contribution >= 0.6 is 0 Å². The summed E-state index contributed by atoms with van der Waals surface area (Å²) in [4.78, 5) is 0. The molecule has 0 fully saturated rings. The molecule has 0 aromatic carbocycles. The number of rotatable bonds is 4. The van der Waals surface area contributed by atoms with Crippen molar-refractivity contribution in [2.75, 3.05) is 20.1 Å². The highest BCUT2D eigenvalue weighted by Crippen LogP contribution is 2.18. The lowest BCUT2D eigenvalue weighted by molar-refractivity contribution is 0.267. The Balaban J connectivity index is 3.88. The molecule has 0 saturated carbocycles. The van der Waals surface area contributed by atoms with E-state index in [1.807, 2.05) is 7.05 Å². The summed E-state index contributed by atoms with van der Waals surface area (Å²) in [5, 5.41) is 6.66. The molecule has 0 aromatic heterocycles. The summed E-state index contributed by atoms with van der Waals surface area (Å²) in [6, 6.07) is 0.567. The highest BCUT2D eigenvalue weighted by molar-refractivity contribution is 4.81. The predicted octanol–water partition coefficient (Wildman–Crippen LogP) is 1.23. The van der Waals surface area contributed by atoms with Crippen molar-refractivity contribution in [2.24, 2.45) is 5.41 Å². The molecule has 0 amide bonds. The van der Waals surface area contributed by atoms with Gasteiger partial charge in [-0.2, -0.15) is 0 Å². The monoisotopic (exact) mass is 158 g/mol. The summed E-state index contributed by atoms with van der Waals surface area (Å²) in [5.74, 6) is 0. The number of hydrogen-bond donors (Lipinski definition) is 2. The Kier molecular flexibility index (Phi) is 4.69. The summed E-state index contributed by atoms with van der Waals surface area (Å²) in [6.45, 7) is 11.0. The molecule has 0 radical (unpaired) electrons. The molecule has 2 N–H and O–H groups in total. The van der Waals surface area contributed by atoms with Gasteiger partial charge >= 0.3 is 0 Å². The second-order valence-electron chi connectivity index (χ2n) is 4.03. The van der Waals surface area contributed by atoms with Crippen LogP contribution in [0.4, 0.5) is 0 Å². The van der Waals surface area contributed by atoms with Crippen LogP contribution < -0.4 is 10.6 Å². The Morgan fingerprint density at radius 1 is 1.27 bits per heavy atom. The lowest BCUT2D eigenvalue weighted by atomic mass is 9.86. The second-order valence-corrected chi connectivity index (χ2v) is 4.03. The molecule has 1 unspecified atom stereocenters. The van der Waals surface area contributed by atoms with Gasteiger partial charge in [-0.05, 0) is 19.0 Å². The van der Waals surface area contributed by atoms with Crippen molar-refractivity contribution < 1.29 is 0 Å². The SMILES string of the molecule is CCNC(CNC)C(C)(C)C. The quantitative estimate of drug-likeness (QED) is 0.643. The molecule has 0 spiro atoms. The Morgan fingerprint density at radius 2 is 1.82 bits per heavy atom. The van der Waals surface area contributed by atoms with Crippen molar-refractivity contribution in [1.29, 1.82) is 0 Å². The van der Waals surface area contributed by atoms with E-state index >= 15 is 0 Å². The Bertz CT molecular complexity index is 88.2. The minimum Gasteiger partial charge on any atom is -0.318 e. The van der Waals surface area contributed by atoms with Crippen LogP contribution in [-0.2, 0) is 0 Å². The normalized spacial score (nSPS) is 15.0. The zero-order chi connectivity index (χ0) is 8.91. The standard InChI is InChI=1S/C9H22N2/c1-6-11-8(7-10-5)9(2,3)4/h8,10-11H,6-7H2,1-5H3. The summed E-state index contributed by atoms with van der Waals surface area (Å²) >= 11 is 0. The van der Waals surface area contributed by atoms with Crippen molar-refractivity contribution in [3.8, 4) is 0 Å². The van der Waals surface area contributed by atoms with Crippen molar-refractivity contribution in [1.82, 2.24) is 10.6 Å². The smallest absolute Gasteiger partial charge is 0.0240 e. The largest absolute Gasteiger partial charge is 0.318 e. The first-order valence-electron chi connectivity index (χ1n) is 4.40. The number of hydrogen-bond acceptors (Lipinski definition) is 2. The van der Waals surface area contributed by atoms with Crippen LogP contribution in [0.1, 0.15) is 27.7 Å². The van der Waals surface area contributed by atoms with Crippen LogP contribution in [0.25, 0.3) is 0 Å². The molecule has 1 atom stereocenters. The lowest BCUT2D eigenvalue weighted by Crippen LogP contribution is -2.46. The molecule has 0 aliphatic rings. The highest BCUT2D eigenvalue weighted by atomic mass is 15.0. The fraction of sp³-hybridized carbons (Fsp3) is 1.00. The van der Waals surface area contributed by atoms with E-state index in [1.54, 1.807) is 0 Å². The summed E-state index contributed by atoms with van der Waals surface area (Å²) in [5.41, 5.74) is 0.346. The molecule has 0 bridgehead atoms. The highest BCUT2D eigenvalue weighted by Gasteiger charge is 2.22. The molecule has 2 heteroatoms. The maximum atomic E-state index is 3.46. The average Bonchev–Trinajstić information content (AvgIpc) is 1.85. The molecule has 0 aromatic rings. The number of nitrogens with one attached hydrogen (secondary N) is 2. The number of likely N-dealkylation sites (N-methyl/N-ethyl adjacent to an activating group) is 2. The summed E-state index contributed by atoms with van der Waals surface area (Å²) in [6.07, 6.45) is 0. The van der Waals surface area contributed by atoms with Gasteiger partial charge in [-0.3, -0.25) is 0 Å². The Hall–Kier alpha value is -0.0800. The zero-order valence-electron chi connectivity index (χ0n) is 8.49. The van der Waals surface area contributed by atoms with Crippen LogP contribution in [-0.4, -0.2) is 26.2 Å². The fourth-order valence-corrected chi connectivity index (χ4v) is 1.14. The molecule has 0 aliphatic carbocycles. The van der Waals surface area contributed by atoms with Gasteiger partial charge in [0.1, 0.15) is 0 Å². The van der Waals surface area contributed by atoms with Gasteiger partial charge in [0.15, 0.2) is 0 Å². The van der Waals surface area contributed by atoms with E-state index in [0.717, 1.165) is 13.1 Å². The van der Waals surface area contributed by atoms with Gasteiger partial charge in [0.05, 0.1) is 0 Å². The molecule has 0 saturated heterocycles. The van der Waals surface area contributed by atoms with E-state index in [-0.39, 0.29) is 0 Å². The van der Waals surface area contributed by atoms with Crippen LogP contribution in [0, 0.1) is 5.41 Å². The molecule has 0 aliphatic heterocycles. The Labute approximate surface area is 70.8 Å². The van der Waals surface area contributed by atoms with Gasteiger partial charge in [0.25, 0.3) is 0 Å². The second kappa shape index (κ2) is 4.73. The van der Waals surface area contributed by atoms with Crippen molar-refractivity contribution in [2.45, 2.75) is 33.7 Å². The third-order valence-electron chi connectivity index (χ3n) is 1.90. The molecule has 11 heavy (non-hydrogen) atoms. The molecular weight excluding hydrogens is 136 g/mol. The van der Waals surface area contributed by atoms with E-state index in [9.17, 15) is 0 Å². The fourth-order valence-electron chi connectivity index (χ4n) is 1.14. The van der Waals surface area contributed by atoms with Crippen molar-refractivity contribution >= 4 is 0 Å². The molecule has 0 heterocycles. The average molecular weight is 158 g/mol. The van der Waals surface area contributed by atoms with E-state index in [2.05, 4.69) is 38.3 Å². The van der Waals surface area contributed by atoms with Gasteiger partial charge in [0.2, 0.25) is 0 Å². The van der Waals surface area contributed by atoms with Crippen LogP contribution in [0.2, 0.25) is 0 Å². The maximum absolute atomic E-state index is 3.46. The van der Waals surface area contributed by atoms with E-state index < -0.39 is 0 Å². The molecule has 68 valence electrons. The van der Waals surface area contributed by atoms with Gasteiger partial charge < -0.3 is 10.6 Å². The topological polar surface area (TPSA) is 24.1 Å². The minimum absolute atomic E-state index is 0.346. The molecular formula is C9H22N2. The van der Waals surface area contributed by atoms with Crippen LogP contribution in [0.15, 0.2) is 0 Å². The predicted molar refractivity (Wildman–Crippen MR) is 50.8 cm³/mol. The van der Waals surface area contributed by atoms with Crippen molar-refractivity contribution in [3.05, 3.63) is 0 Å². The molecule has 0 rings (SSSR count). The van der Waals surface area contributed by atoms with Crippen LogP contribution in [0.5, 0.6) is 0 Å². The third-order valence-corrected chi connectivity index (χ3v) is 1.90. The Morgan fingerprint density at radius 3 is 2.09 bits per heavy atom. The van der Waals surface area contributed by atoms with E-state index in [4.69, 9.17) is 0 Å². The summed E-state index contributed by atoms with van der Waals surface area (Å²) in [7, 11) is 2.00. The summed E-state index contributed by atoms with van der Waals surface area (Å²) < 4.78 is 0. The van der Waals surface area contributed by atoms with E-state index in [1.165, 1.54) is 0 Å². The van der Waals surface area contributed by atoms with Gasteiger partial charge in [-0.25, -0.2) is 0 Å². The van der Waals surface area contributed by atoms with Crippen molar-refractivity contribution in [3.63, 3.8) is 0 Å². The minimum atomic E-state index is 0.346. The van der Waals surface area contributed by atoms with Gasteiger partial charge in [-0.15, -0.1) is 0 Å². The van der Waals surface area contributed by atoms with Gasteiger partial charge in [0, 0.05) is 12.6 Å². The zero-order valence-corrected chi connectivity index (χ0v) is 8.49. The first kappa shape index (κ1) is 10.9. The molecule has 2 nitrogen and oxygen atoms in total. The first-order chi connectivity index (χ1) is 5.02. The van der Waals surface area contributed by atoms with Crippen LogP contribution in [0.3, 0.4) is 0 Å².